The van der Waals surface area contributed by atoms with Crippen molar-refractivity contribution in [2.75, 3.05) is 38.0 Å². The molecule has 0 spiro atoms. The van der Waals surface area contributed by atoms with Gasteiger partial charge in [-0.05, 0) is 30.7 Å². The molecule has 0 saturated carbocycles. The van der Waals surface area contributed by atoms with E-state index in [-0.39, 0.29) is 23.8 Å². The number of nitrogens with zero attached hydrogens (tertiary/aromatic N) is 2. The summed E-state index contributed by atoms with van der Waals surface area (Å²) < 4.78 is 58.1. The second kappa shape index (κ2) is 13.2. The molecule has 0 bridgehead atoms. The van der Waals surface area contributed by atoms with Crippen LogP contribution in [-0.4, -0.2) is 43.2 Å². The highest BCUT2D eigenvalue weighted by Gasteiger charge is 2.35. The molecule has 0 fully saturated rings. The summed E-state index contributed by atoms with van der Waals surface area (Å²) >= 11 is 0. The van der Waals surface area contributed by atoms with E-state index in [4.69, 9.17) is 14.2 Å². The molecule has 39 heavy (non-hydrogen) atoms. The maximum absolute atomic E-state index is 13.9. The molecule has 0 saturated heterocycles. The SMILES string of the molecule is C=CCCOc1ccc(C(=O)NC)c(Nc2nc(Nc3ccc(OC)c(OCC=C)c3)ncc2C(F)(F)F)c1. The van der Waals surface area contributed by atoms with Crippen LogP contribution >= 0.6 is 0 Å². The lowest BCUT2D eigenvalue weighted by Crippen LogP contribution is -2.20. The zero-order valence-electron chi connectivity index (χ0n) is 21.4. The van der Waals surface area contributed by atoms with Crippen LogP contribution in [0.5, 0.6) is 17.2 Å². The molecule has 0 unspecified atom stereocenters. The smallest absolute Gasteiger partial charge is 0.421 e. The Morgan fingerprint density at radius 1 is 1.05 bits per heavy atom. The summed E-state index contributed by atoms with van der Waals surface area (Å²) in [6.07, 6.45) is -0.341. The number of hydrogen-bond acceptors (Lipinski definition) is 8. The van der Waals surface area contributed by atoms with E-state index in [0.717, 1.165) is 0 Å². The highest BCUT2D eigenvalue weighted by Crippen LogP contribution is 2.37. The third-order valence-corrected chi connectivity index (χ3v) is 5.18. The highest BCUT2D eigenvalue weighted by atomic mass is 19.4. The second-order valence-electron chi connectivity index (χ2n) is 7.88. The zero-order valence-corrected chi connectivity index (χ0v) is 21.4. The number of carbonyl (C=O) groups excluding carboxylic acids is 1. The number of alkyl halides is 3. The van der Waals surface area contributed by atoms with Crippen molar-refractivity contribution in [3.63, 3.8) is 0 Å². The number of halogens is 3. The number of ether oxygens (including phenoxy) is 3. The number of methoxy groups -OCH3 is 1. The van der Waals surface area contributed by atoms with Gasteiger partial charge in [-0.15, -0.1) is 6.58 Å². The van der Waals surface area contributed by atoms with Crippen molar-refractivity contribution in [3.8, 4) is 17.2 Å². The molecule has 206 valence electrons. The van der Waals surface area contributed by atoms with Crippen molar-refractivity contribution < 1.29 is 32.2 Å². The average molecular weight is 544 g/mol. The monoisotopic (exact) mass is 543 g/mol. The first-order valence-corrected chi connectivity index (χ1v) is 11.7. The van der Waals surface area contributed by atoms with E-state index in [1.165, 1.54) is 26.3 Å². The summed E-state index contributed by atoms with van der Waals surface area (Å²) in [7, 11) is 2.89. The Labute approximate surface area is 223 Å². The molecule has 1 amide bonds. The molecule has 3 rings (SSSR count). The summed E-state index contributed by atoms with van der Waals surface area (Å²) in [6, 6.07) is 9.26. The number of rotatable bonds is 13. The third-order valence-electron chi connectivity index (χ3n) is 5.18. The second-order valence-corrected chi connectivity index (χ2v) is 7.88. The van der Waals surface area contributed by atoms with Crippen molar-refractivity contribution in [1.82, 2.24) is 15.3 Å². The molecule has 3 aromatic rings. The topological polar surface area (TPSA) is 107 Å². The van der Waals surface area contributed by atoms with E-state index in [9.17, 15) is 18.0 Å². The number of carbonyl (C=O) groups is 1. The van der Waals surface area contributed by atoms with Gasteiger partial charge >= 0.3 is 6.18 Å². The molecule has 3 N–H and O–H groups in total. The summed E-state index contributed by atoms with van der Waals surface area (Å²) in [5.74, 6) is -0.0268. The van der Waals surface area contributed by atoms with Gasteiger partial charge in [0.2, 0.25) is 5.95 Å². The Bertz CT molecular complexity index is 1330. The largest absolute Gasteiger partial charge is 0.493 e. The Balaban J connectivity index is 2.00. The predicted molar refractivity (Wildman–Crippen MR) is 142 cm³/mol. The molecule has 0 atom stereocenters. The van der Waals surface area contributed by atoms with Crippen LogP contribution in [0.4, 0.5) is 36.3 Å². The van der Waals surface area contributed by atoms with Gasteiger partial charge in [0, 0.05) is 31.1 Å². The lowest BCUT2D eigenvalue weighted by Gasteiger charge is -2.18. The number of benzene rings is 2. The van der Waals surface area contributed by atoms with Gasteiger partial charge in [0.1, 0.15) is 23.7 Å². The van der Waals surface area contributed by atoms with Gasteiger partial charge < -0.3 is 30.2 Å². The van der Waals surface area contributed by atoms with Gasteiger partial charge in [-0.3, -0.25) is 4.79 Å². The first-order chi connectivity index (χ1) is 18.7. The maximum atomic E-state index is 13.9. The first kappa shape index (κ1) is 28.8. The van der Waals surface area contributed by atoms with Gasteiger partial charge in [0.15, 0.2) is 11.5 Å². The fraction of sp³-hybridized carbons (Fsp3) is 0.222. The van der Waals surface area contributed by atoms with Crippen molar-refractivity contribution in [3.05, 3.63) is 79.0 Å². The van der Waals surface area contributed by atoms with E-state index in [2.05, 4.69) is 39.1 Å². The lowest BCUT2D eigenvalue weighted by molar-refractivity contribution is -0.137. The maximum Gasteiger partial charge on any atom is 0.421 e. The minimum Gasteiger partial charge on any atom is -0.493 e. The van der Waals surface area contributed by atoms with Crippen LogP contribution in [0, 0.1) is 0 Å². The summed E-state index contributed by atoms with van der Waals surface area (Å²) in [6.45, 7) is 7.75. The fourth-order valence-electron chi connectivity index (χ4n) is 3.33. The molecule has 9 nitrogen and oxygen atoms in total. The minimum atomic E-state index is -4.78. The number of amides is 1. The third kappa shape index (κ3) is 7.63. The Morgan fingerprint density at radius 2 is 1.85 bits per heavy atom. The molecule has 12 heteroatoms. The van der Waals surface area contributed by atoms with Crippen LogP contribution < -0.4 is 30.2 Å². The fourth-order valence-corrected chi connectivity index (χ4v) is 3.33. The number of anilines is 4. The van der Waals surface area contributed by atoms with Crippen LogP contribution in [0.1, 0.15) is 22.3 Å². The van der Waals surface area contributed by atoms with Gasteiger partial charge in [-0.2, -0.15) is 18.2 Å². The molecular formula is C27H28F3N5O4. The van der Waals surface area contributed by atoms with Crippen molar-refractivity contribution in [1.29, 1.82) is 0 Å². The van der Waals surface area contributed by atoms with Gasteiger partial charge in [-0.25, -0.2) is 4.98 Å². The number of hydrogen-bond donors (Lipinski definition) is 3. The van der Waals surface area contributed by atoms with Crippen LogP contribution in [-0.2, 0) is 6.18 Å². The van der Waals surface area contributed by atoms with Gasteiger partial charge in [-0.1, -0.05) is 18.7 Å². The van der Waals surface area contributed by atoms with E-state index in [0.29, 0.717) is 42.2 Å². The molecule has 0 aliphatic rings. The molecule has 0 radical (unpaired) electrons. The first-order valence-electron chi connectivity index (χ1n) is 11.7. The number of aromatic nitrogens is 2. The Hall–Kier alpha value is -4.74. The molecule has 1 aromatic heterocycles. The van der Waals surface area contributed by atoms with Crippen LogP contribution in [0.2, 0.25) is 0 Å². The van der Waals surface area contributed by atoms with Crippen LogP contribution in [0.3, 0.4) is 0 Å². The van der Waals surface area contributed by atoms with Crippen LogP contribution in [0.25, 0.3) is 0 Å². The molecular weight excluding hydrogens is 515 g/mol. The average Bonchev–Trinajstić information content (AvgIpc) is 2.91. The Morgan fingerprint density at radius 3 is 2.51 bits per heavy atom. The standard InChI is InChI=1S/C27H28F3N5O4/c1-5-7-13-38-18-9-10-19(25(36)31-3)21(15-18)34-24-20(27(28,29)30)16-32-26(35-24)33-17-8-11-22(37-4)23(14-17)39-12-6-2/h5-6,8-11,14-16H,1-2,7,12-13H2,3-4H3,(H,31,36)(H2,32,33,34,35). The van der Waals surface area contributed by atoms with Crippen molar-refractivity contribution in [2.45, 2.75) is 12.6 Å². The number of nitrogens with one attached hydrogen (secondary N) is 3. The van der Waals surface area contributed by atoms with E-state index in [1.807, 2.05) is 0 Å². The molecule has 0 aliphatic heterocycles. The zero-order chi connectivity index (χ0) is 28.4. The summed E-state index contributed by atoms with van der Waals surface area (Å²) in [4.78, 5) is 20.3. The summed E-state index contributed by atoms with van der Waals surface area (Å²) in [5, 5.41) is 7.99. The van der Waals surface area contributed by atoms with Crippen molar-refractivity contribution in [2.24, 2.45) is 0 Å². The predicted octanol–water partition coefficient (Wildman–Crippen LogP) is 5.87. The quantitative estimate of drug-likeness (QED) is 0.182. The van der Waals surface area contributed by atoms with E-state index in [1.54, 1.807) is 36.4 Å². The lowest BCUT2D eigenvalue weighted by atomic mass is 10.1. The van der Waals surface area contributed by atoms with E-state index >= 15 is 0 Å². The Kier molecular flexibility index (Phi) is 9.74. The minimum absolute atomic E-state index is 0.0603. The normalized spacial score (nSPS) is 10.8. The highest BCUT2D eigenvalue weighted by molar-refractivity contribution is 6.00. The molecule has 2 aromatic carbocycles. The summed E-state index contributed by atoms with van der Waals surface area (Å²) in [5.41, 5.74) is -0.540. The molecule has 1 heterocycles. The van der Waals surface area contributed by atoms with E-state index < -0.39 is 23.5 Å². The van der Waals surface area contributed by atoms with Gasteiger partial charge in [0.05, 0.1) is 25.0 Å². The van der Waals surface area contributed by atoms with Gasteiger partial charge in [0.25, 0.3) is 5.91 Å². The molecule has 0 aliphatic carbocycles. The van der Waals surface area contributed by atoms with Crippen LogP contribution in [0.15, 0.2) is 67.9 Å². The van der Waals surface area contributed by atoms with Crippen molar-refractivity contribution >= 4 is 29.0 Å².